The molecule has 4 nitrogen and oxygen atoms in total. The number of H-pyrrole nitrogens is 1. The van der Waals surface area contributed by atoms with E-state index in [1.165, 1.54) is 13.2 Å². The van der Waals surface area contributed by atoms with Crippen LogP contribution in [-0.4, -0.2) is 23.6 Å². The Bertz CT molecular complexity index is 610. The van der Waals surface area contributed by atoms with E-state index in [-0.39, 0.29) is 11.6 Å². The lowest BCUT2D eigenvalue weighted by atomic mass is 9.84. The van der Waals surface area contributed by atoms with Gasteiger partial charge < -0.3 is 15.0 Å². The Labute approximate surface area is 111 Å². The Morgan fingerprint density at radius 2 is 2.26 bits per heavy atom. The summed E-state index contributed by atoms with van der Waals surface area (Å²) in [5.41, 5.74) is 2.42. The number of halogens is 1. The minimum absolute atomic E-state index is 0.255. The third-order valence-electron chi connectivity index (χ3n) is 3.77. The quantitative estimate of drug-likeness (QED) is 0.869. The fourth-order valence-electron chi connectivity index (χ4n) is 2.68. The van der Waals surface area contributed by atoms with Crippen LogP contribution in [0.25, 0.3) is 0 Å². The van der Waals surface area contributed by atoms with Crippen molar-refractivity contribution in [1.29, 1.82) is 0 Å². The number of benzene rings is 1. The number of nitrogens with one attached hydrogen (secondary N) is 2. The summed E-state index contributed by atoms with van der Waals surface area (Å²) in [6, 6.07) is 5.03. The number of aromatic nitrogens is 2. The molecule has 0 fully saturated rings. The molecule has 1 aromatic carbocycles. The zero-order valence-corrected chi connectivity index (χ0v) is 11.0. The zero-order valence-electron chi connectivity index (χ0n) is 11.0. The molecule has 0 amide bonds. The number of hydrogen-bond acceptors (Lipinski definition) is 3. The topological polar surface area (TPSA) is 49.9 Å². The van der Waals surface area contributed by atoms with Gasteiger partial charge in [-0.05, 0) is 24.6 Å². The van der Waals surface area contributed by atoms with Crippen molar-refractivity contribution in [2.75, 3.05) is 13.7 Å². The van der Waals surface area contributed by atoms with Gasteiger partial charge in [0.15, 0.2) is 11.6 Å². The molecule has 1 atom stereocenters. The van der Waals surface area contributed by atoms with Gasteiger partial charge in [-0.25, -0.2) is 9.37 Å². The summed E-state index contributed by atoms with van der Waals surface area (Å²) in [6.45, 7) is 2.85. The highest BCUT2D eigenvalue weighted by molar-refractivity contribution is 5.41. The number of nitrogens with zero attached hydrogens (tertiary/aromatic N) is 1. The molecule has 3 rings (SSSR count). The first-order valence-corrected chi connectivity index (χ1v) is 6.27. The molecule has 1 unspecified atom stereocenters. The van der Waals surface area contributed by atoms with Crippen LogP contribution >= 0.6 is 0 Å². The molecular formula is C14H16FN3O. The SMILES string of the molecule is COc1ccc(C2(C)NCCc3[nH]cnc32)cc1F. The van der Waals surface area contributed by atoms with Crippen LogP contribution in [0.15, 0.2) is 24.5 Å². The van der Waals surface area contributed by atoms with Gasteiger partial charge >= 0.3 is 0 Å². The van der Waals surface area contributed by atoms with Crippen molar-refractivity contribution < 1.29 is 9.13 Å². The summed E-state index contributed by atoms with van der Waals surface area (Å²) in [6.07, 6.45) is 2.60. The number of aromatic amines is 1. The number of imidazole rings is 1. The van der Waals surface area contributed by atoms with Crippen LogP contribution in [0.1, 0.15) is 23.9 Å². The molecule has 19 heavy (non-hydrogen) atoms. The van der Waals surface area contributed by atoms with Crippen LogP contribution in [0.3, 0.4) is 0 Å². The lowest BCUT2D eigenvalue weighted by Crippen LogP contribution is -2.46. The van der Waals surface area contributed by atoms with Gasteiger partial charge in [0.05, 0.1) is 24.7 Å². The highest BCUT2D eigenvalue weighted by Crippen LogP contribution is 2.34. The lowest BCUT2D eigenvalue weighted by molar-refractivity contribution is 0.378. The van der Waals surface area contributed by atoms with Crippen molar-refractivity contribution in [1.82, 2.24) is 15.3 Å². The molecular weight excluding hydrogens is 245 g/mol. The Morgan fingerprint density at radius 1 is 1.42 bits per heavy atom. The first-order chi connectivity index (χ1) is 9.15. The smallest absolute Gasteiger partial charge is 0.165 e. The molecule has 100 valence electrons. The highest BCUT2D eigenvalue weighted by atomic mass is 19.1. The van der Waals surface area contributed by atoms with E-state index in [4.69, 9.17) is 4.74 Å². The van der Waals surface area contributed by atoms with Gasteiger partial charge in [0.2, 0.25) is 0 Å². The first-order valence-electron chi connectivity index (χ1n) is 6.27. The van der Waals surface area contributed by atoms with Crippen LogP contribution in [0, 0.1) is 5.82 Å². The molecule has 2 heterocycles. The molecule has 0 bridgehead atoms. The van der Waals surface area contributed by atoms with E-state index in [2.05, 4.69) is 15.3 Å². The Morgan fingerprint density at radius 3 is 3.00 bits per heavy atom. The summed E-state index contributed by atoms with van der Waals surface area (Å²) < 4.78 is 18.9. The van der Waals surface area contributed by atoms with Gasteiger partial charge in [0.25, 0.3) is 0 Å². The molecule has 2 N–H and O–H groups in total. The fourth-order valence-corrected chi connectivity index (χ4v) is 2.68. The molecule has 5 heteroatoms. The van der Waals surface area contributed by atoms with E-state index in [0.29, 0.717) is 0 Å². The number of methoxy groups -OCH3 is 1. The predicted octanol–water partition coefficient (Wildman–Crippen LogP) is 1.97. The van der Waals surface area contributed by atoms with Gasteiger partial charge in [-0.3, -0.25) is 0 Å². The molecule has 0 saturated heterocycles. The summed E-state index contributed by atoms with van der Waals surface area (Å²) >= 11 is 0. The van der Waals surface area contributed by atoms with Crippen molar-refractivity contribution in [2.24, 2.45) is 0 Å². The number of fused-ring (bicyclic) bond motifs is 1. The first kappa shape index (κ1) is 12.2. The van der Waals surface area contributed by atoms with E-state index in [1.54, 1.807) is 12.4 Å². The Kier molecular flexibility index (Phi) is 2.78. The van der Waals surface area contributed by atoms with E-state index in [9.17, 15) is 4.39 Å². The number of ether oxygens (including phenoxy) is 1. The van der Waals surface area contributed by atoms with Crippen LogP contribution in [0.4, 0.5) is 4.39 Å². The number of rotatable bonds is 2. The van der Waals surface area contributed by atoms with E-state index >= 15 is 0 Å². The minimum atomic E-state index is -0.472. The van der Waals surface area contributed by atoms with E-state index < -0.39 is 5.54 Å². The maximum atomic E-state index is 13.9. The van der Waals surface area contributed by atoms with Crippen molar-refractivity contribution in [2.45, 2.75) is 18.9 Å². The van der Waals surface area contributed by atoms with Gasteiger partial charge in [-0.15, -0.1) is 0 Å². The molecule has 0 radical (unpaired) electrons. The largest absolute Gasteiger partial charge is 0.494 e. The van der Waals surface area contributed by atoms with Crippen molar-refractivity contribution >= 4 is 0 Å². The summed E-state index contributed by atoms with van der Waals surface area (Å²) in [5.74, 6) is -0.101. The summed E-state index contributed by atoms with van der Waals surface area (Å²) in [4.78, 5) is 7.54. The van der Waals surface area contributed by atoms with E-state index in [1.807, 2.05) is 13.0 Å². The molecule has 0 spiro atoms. The number of hydrogen-bond donors (Lipinski definition) is 2. The standard InChI is InChI=1S/C14H16FN3O/c1-14(9-3-4-12(19-2)10(15)7-9)13-11(5-6-18-14)16-8-17-13/h3-4,7-8,18H,5-6H2,1-2H3,(H,16,17). The molecule has 2 aromatic rings. The molecule has 1 aliphatic heterocycles. The third-order valence-corrected chi connectivity index (χ3v) is 3.77. The molecule has 1 aliphatic rings. The Hall–Kier alpha value is -1.88. The average molecular weight is 261 g/mol. The van der Waals surface area contributed by atoms with Crippen LogP contribution in [0.5, 0.6) is 5.75 Å². The molecule has 1 aromatic heterocycles. The van der Waals surface area contributed by atoms with Gasteiger partial charge in [0, 0.05) is 18.7 Å². The minimum Gasteiger partial charge on any atom is -0.494 e. The molecule has 0 saturated carbocycles. The maximum Gasteiger partial charge on any atom is 0.165 e. The van der Waals surface area contributed by atoms with Crippen molar-refractivity contribution in [3.8, 4) is 5.75 Å². The average Bonchev–Trinajstić information content (AvgIpc) is 2.88. The van der Waals surface area contributed by atoms with Crippen molar-refractivity contribution in [3.05, 3.63) is 47.3 Å². The van der Waals surface area contributed by atoms with Crippen molar-refractivity contribution in [3.63, 3.8) is 0 Å². The lowest BCUT2D eigenvalue weighted by Gasteiger charge is -2.34. The van der Waals surface area contributed by atoms with Crippen LogP contribution < -0.4 is 10.1 Å². The second-order valence-electron chi connectivity index (χ2n) is 4.88. The normalized spacial score (nSPS) is 22.1. The van der Waals surface area contributed by atoms with Gasteiger partial charge in [-0.1, -0.05) is 6.07 Å². The monoisotopic (exact) mass is 261 g/mol. The second-order valence-corrected chi connectivity index (χ2v) is 4.88. The third kappa shape index (κ3) is 1.81. The van der Waals surface area contributed by atoms with Gasteiger partial charge in [0.1, 0.15) is 0 Å². The van der Waals surface area contributed by atoms with Crippen LogP contribution in [0.2, 0.25) is 0 Å². The van der Waals surface area contributed by atoms with E-state index in [0.717, 1.165) is 29.9 Å². The highest BCUT2D eigenvalue weighted by Gasteiger charge is 2.36. The van der Waals surface area contributed by atoms with Crippen LogP contribution in [-0.2, 0) is 12.0 Å². The fraction of sp³-hybridized carbons (Fsp3) is 0.357. The summed E-state index contributed by atoms with van der Waals surface area (Å²) in [5, 5.41) is 3.43. The Balaban J connectivity index is 2.10. The second kappa shape index (κ2) is 4.35. The predicted molar refractivity (Wildman–Crippen MR) is 69.7 cm³/mol. The zero-order chi connectivity index (χ0) is 13.5. The maximum absolute atomic E-state index is 13.9. The molecule has 0 aliphatic carbocycles. The van der Waals surface area contributed by atoms with Gasteiger partial charge in [-0.2, -0.15) is 0 Å². The summed E-state index contributed by atoms with van der Waals surface area (Å²) in [7, 11) is 1.46.